The first-order valence-corrected chi connectivity index (χ1v) is 5.98. The van der Waals surface area contributed by atoms with Crippen molar-refractivity contribution in [3.8, 4) is 5.75 Å². The average molecular weight is 222 g/mol. The molecule has 16 heavy (non-hydrogen) atoms. The van der Waals surface area contributed by atoms with Crippen LogP contribution in [-0.4, -0.2) is 19.7 Å². The van der Waals surface area contributed by atoms with Crippen LogP contribution in [-0.2, 0) is 0 Å². The van der Waals surface area contributed by atoms with E-state index in [0.717, 1.165) is 18.7 Å². The van der Waals surface area contributed by atoms with Crippen LogP contribution in [0.5, 0.6) is 5.75 Å². The molecule has 0 saturated carbocycles. The summed E-state index contributed by atoms with van der Waals surface area (Å²) in [5.74, 6) is 0.914. The van der Waals surface area contributed by atoms with E-state index in [1.54, 1.807) is 0 Å². The number of nitrogens with one attached hydrogen (secondary N) is 1. The van der Waals surface area contributed by atoms with Crippen molar-refractivity contribution in [3.63, 3.8) is 0 Å². The van der Waals surface area contributed by atoms with Crippen molar-refractivity contribution in [1.82, 2.24) is 5.32 Å². The van der Waals surface area contributed by atoms with E-state index >= 15 is 0 Å². The quantitative estimate of drug-likeness (QED) is 0.742. The Balaban J connectivity index is 2.62. The Morgan fingerprint density at radius 1 is 1.25 bits per heavy atom. The fourth-order valence-electron chi connectivity index (χ4n) is 1.62. The van der Waals surface area contributed by atoms with Gasteiger partial charge in [-0.05, 0) is 37.6 Å². The maximum Gasteiger partial charge on any atom is 0.119 e. The Labute approximate surface area is 98.0 Å². The Bertz CT molecular complexity index is 284. The smallest absolute Gasteiger partial charge is 0.119 e. The second kappa shape index (κ2) is 7.25. The summed E-state index contributed by atoms with van der Waals surface area (Å²) in [6, 6.07) is 8.39. The minimum absolute atomic E-state index is 0.246. The van der Waals surface area contributed by atoms with Crippen LogP contribution in [0.15, 0.2) is 24.3 Å². The molecule has 3 nitrogen and oxygen atoms in total. The van der Waals surface area contributed by atoms with Crippen molar-refractivity contribution < 1.29 is 4.74 Å². The molecule has 90 valence electrons. The zero-order valence-corrected chi connectivity index (χ0v) is 10.2. The summed E-state index contributed by atoms with van der Waals surface area (Å²) in [6.45, 7) is 6.45. The second-order valence-corrected chi connectivity index (χ2v) is 3.74. The third-order valence-electron chi connectivity index (χ3n) is 2.47. The van der Waals surface area contributed by atoms with Crippen LogP contribution in [0.25, 0.3) is 0 Å². The average Bonchev–Trinajstić information content (AvgIpc) is 2.32. The van der Waals surface area contributed by atoms with Crippen molar-refractivity contribution in [2.24, 2.45) is 5.73 Å². The molecule has 0 aliphatic heterocycles. The molecule has 0 spiro atoms. The topological polar surface area (TPSA) is 47.3 Å². The van der Waals surface area contributed by atoms with E-state index in [9.17, 15) is 0 Å². The van der Waals surface area contributed by atoms with Crippen LogP contribution in [0.4, 0.5) is 0 Å². The number of hydrogen-bond acceptors (Lipinski definition) is 3. The maximum absolute atomic E-state index is 5.75. The largest absolute Gasteiger partial charge is 0.494 e. The summed E-state index contributed by atoms with van der Waals surface area (Å²) >= 11 is 0. The predicted octanol–water partition coefficient (Wildman–Crippen LogP) is 2.08. The fourth-order valence-corrected chi connectivity index (χ4v) is 1.62. The molecule has 0 saturated heterocycles. The molecule has 0 aliphatic rings. The Morgan fingerprint density at radius 3 is 2.44 bits per heavy atom. The number of rotatable bonds is 7. The fraction of sp³-hybridized carbons (Fsp3) is 0.538. The maximum atomic E-state index is 5.75. The predicted molar refractivity (Wildman–Crippen MR) is 67.7 cm³/mol. The van der Waals surface area contributed by atoms with Gasteiger partial charge in [-0.3, -0.25) is 0 Å². The normalized spacial score (nSPS) is 12.4. The molecule has 1 aromatic carbocycles. The van der Waals surface area contributed by atoms with Crippen molar-refractivity contribution in [1.29, 1.82) is 0 Å². The first-order chi connectivity index (χ1) is 7.81. The van der Waals surface area contributed by atoms with Gasteiger partial charge >= 0.3 is 0 Å². The highest BCUT2D eigenvalue weighted by molar-refractivity contribution is 5.29. The van der Waals surface area contributed by atoms with Gasteiger partial charge in [0.15, 0.2) is 0 Å². The number of nitrogens with two attached hydrogens (primary N) is 1. The first kappa shape index (κ1) is 13.0. The minimum Gasteiger partial charge on any atom is -0.494 e. The van der Waals surface area contributed by atoms with Crippen molar-refractivity contribution in [3.05, 3.63) is 29.8 Å². The third kappa shape index (κ3) is 3.83. The van der Waals surface area contributed by atoms with Crippen molar-refractivity contribution >= 4 is 0 Å². The van der Waals surface area contributed by atoms with Gasteiger partial charge in [-0.2, -0.15) is 0 Å². The van der Waals surface area contributed by atoms with Gasteiger partial charge in [0, 0.05) is 12.6 Å². The number of ether oxygens (including phenoxy) is 1. The monoisotopic (exact) mass is 222 g/mol. The molecule has 0 bridgehead atoms. The molecular formula is C13H22N2O. The summed E-state index contributed by atoms with van der Waals surface area (Å²) < 4.78 is 5.40. The molecule has 1 atom stereocenters. The molecule has 3 N–H and O–H groups in total. The van der Waals surface area contributed by atoms with Crippen LogP contribution in [0.2, 0.25) is 0 Å². The first-order valence-electron chi connectivity index (χ1n) is 5.98. The van der Waals surface area contributed by atoms with E-state index < -0.39 is 0 Å². The molecule has 0 fully saturated rings. The minimum atomic E-state index is 0.246. The lowest BCUT2D eigenvalue weighted by molar-refractivity contribution is 0.340. The van der Waals surface area contributed by atoms with Gasteiger partial charge < -0.3 is 15.8 Å². The van der Waals surface area contributed by atoms with E-state index in [-0.39, 0.29) is 6.04 Å². The van der Waals surface area contributed by atoms with Gasteiger partial charge in [-0.25, -0.2) is 0 Å². The van der Waals surface area contributed by atoms with E-state index in [4.69, 9.17) is 10.5 Å². The molecule has 0 aromatic heterocycles. The van der Waals surface area contributed by atoms with Crippen LogP contribution in [0, 0.1) is 0 Å². The third-order valence-corrected chi connectivity index (χ3v) is 2.47. The van der Waals surface area contributed by atoms with Crippen LogP contribution >= 0.6 is 0 Å². The van der Waals surface area contributed by atoms with E-state index in [2.05, 4.69) is 24.4 Å². The lowest BCUT2D eigenvalue weighted by Gasteiger charge is -2.17. The summed E-state index contributed by atoms with van der Waals surface area (Å²) in [6.07, 6.45) is 1.12. The van der Waals surface area contributed by atoms with Crippen LogP contribution in [0.3, 0.4) is 0 Å². The number of hydrogen-bond donors (Lipinski definition) is 2. The van der Waals surface area contributed by atoms with E-state index in [0.29, 0.717) is 13.2 Å². The lowest BCUT2D eigenvalue weighted by atomic mass is 10.1. The van der Waals surface area contributed by atoms with Gasteiger partial charge in [-0.1, -0.05) is 19.1 Å². The molecule has 1 aromatic rings. The molecule has 3 heteroatoms. The summed E-state index contributed by atoms with van der Waals surface area (Å²) in [5.41, 5.74) is 6.97. The van der Waals surface area contributed by atoms with Crippen LogP contribution < -0.4 is 15.8 Å². The molecular weight excluding hydrogens is 200 g/mol. The lowest BCUT2D eigenvalue weighted by Crippen LogP contribution is -2.28. The Morgan fingerprint density at radius 2 is 1.94 bits per heavy atom. The molecule has 1 unspecified atom stereocenters. The molecule has 0 radical (unpaired) electrons. The highest BCUT2D eigenvalue weighted by atomic mass is 16.5. The van der Waals surface area contributed by atoms with Gasteiger partial charge in [-0.15, -0.1) is 0 Å². The van der Waals surface area contributed by atoms with Gasteiger partial charge in [0.2, 0.25) is 0 Å². The van der Waals surface area contributed by atoms with Gasteiger partial charge in [0.05, 0.1) is 6.61 Å². The Hall–Kier alpha value is -1.06. The Kier molecular flexibility index (Phi) is 5.90. The van der Waals surface area contributed by atoms with Gasteiger partial charge in [0.1, 0.15) is 5.75 Å². The van der Waals surface area contributed by atoms with Crippen molar-refractivity contribution in [2.45, 2.75) is 26.3 Å². The highest BCUT2D eigenvalue weighted by Crippen LogP contribution is 2.17. The summed E-state index contributed by atoms with van der Waals surface area (Å²) in [7, 11) is 0. The zero-order valence-electron chi connectivity index (χ0n) is 10.2. The zero-order chi connectivity index (χ0) is 11.8. The van der Waals surface area contributed by atoms with E-state index in [1.165, 1.54) is 5.56 Å². The van der Waals surface area contributed by atoms with E-state index in [1.807, 2.05) is 19.1 Å². The van der Waals surface area contributed by atoms with Crippen LogP contribution in [0.1, 0.15) is 31.9 Å². The SMILES string of the molecule is CCCNC(CN)c1ccc(OCC)cc1. The summed E-state index contributed by atoms with van der Waals surface area (Å²) in [4.78, 5) is 0. The van der Waals surface area contributed by atoms with Gasteiger partial charge in [0.25, 0.3) is 0 Å². The standard InChI is InChI=1S/C13H22N2O/c1-3-9-15-13(10-14)11-5-7-12(8-6-11)16-4-2/h5-8,13,15H,3-4,9-10,14H2,1-2H3. The summed E-state index contributed by atoms with van der Waals surface area (Å²) in [5, 5.41) is 3.42. The molecule has 0 heterocycles. The molecule has 0 aliphatic carbocycles. The highest BCUT2D eigenvalue weighted by Gasteiger charge is 2.07. The number of benzene rings is 1. The van der Waals surface area contributed by atoms with Crippen molar-refractivity contribution in [2.75, 3.05) is 19.7 Å². The molecule has 0 amide bonds. The molecule has 1 rings (SSSR count). The second-order valence-electron chi connectivity index (χ2n) is 3.74.